The normalized spacial score (nSPS) is 6.25. The largest absolute Gasteiger partial charge is 0.119 e. The van der Waals surface area contributed by atoms with E-state index in [9.17, 15) is 0 Å². The van der Waals surface area contributed by atoms with Gasteiger partial charge in [-0.3, -0.25) is 0 Å². The summed E-state index contributed by atoms with van der Waals surface area (Å²) in [5.74, 6) is 25.8. The fourth-order valence-corrected chi connectivity index (χ4v) is 0.746. The molecule has 0 heterocycles. The molecule has 0 aliphatic heterocycles. The molecule has 78 valence electrons. The van der Waals surface area contributed by atoms with E-state index in [1.165, 1.54) is 0 Å². The van der Waals surface area contributed by atoms with Gasteiger partial charge in [-0.2, -0.15) is 0 Å². The number of hydrogen-bond acceptors (Lipinski definition) is 0. The van der Waals surface area contributed by atoms with Gasteiger partial charge in [-0.15, -0.1) is 12.3 Å². The van der Waals surface area contributed by atoms with Gasteiger partial charge in [0.05, 0.1) is 25.7 Å². The van der Waals surface area contributed by atoms with Crippen LogP contribution in [-0.2, 0) is 0 Å². The smallest absolute Gasteiger partial charge is 0.0703 e. The highest BCUT2D eigenvalue weighted by molar-refractivity contribution is 5.19. The van der Waals surface area contributed by atoms with E-state index >= 15 is 0 Å². The molecule has 0 aromatic rings. The first kappa shape index (κ1) is 13.8. The van der Waals surface area contributed by atoms with Gasteiger partial charge in [0.2, 0.25) is 0 Å². The van der Waals surface area contributed by atoms with E-state index in [1.807, 2.05) is 6.92 Å². The van der Waals surface area contributed by atoms with Gasteiger partial charge in [-0.05, 0) is 0 Å². The van der Waals surface area contributed by atoms with Gasteiger partial charge < -0.3 is 0 Å². The van der Waals surface area contributed by atoms with Gasteiger partial charge in [-0.25, -0.2) is 0 Å². The van der Waals surface area contributed by atoms with Gasteiger partial charge in [0.25, 0.3) is 0 Å². The third-order valence-corrected chi connectivity index (χ3v) is 1.40. The third kappa shape index (κ3) is 11.8. The van der Waals surface area contributed by atoms with E-state index in [0.717, 1.165) is 6.42 Å². The molecule has 0 fully saturated rings. The summed E-state index contributed by atoms with van der Waals surface area (Å²) in [4.78, 5) is 0. The molecule has 0 bridgehead atoms. The molecule has 16 heavy (non-hydrogen) atoms. The van der Waals surface area contributed by atoms with Crippen molar-refractivity contribution in [3.63, 3.8) is 0 Å². The Bertz CT molecular complexity index is 456. The molecular weight excluding hydrogens is 192 g/mol. The molecule has 0 saturated carbocycles. The van der Waals surface area contributed by atoms with E-state index in [4.69, 9.17) is 6.42 Å². The van der Waals surface area contributed by atoms with E-state index < -0.39 is 0 Å². The van der Waals surface area contributed by atoms with Gasteiger partial charge >= 0.3 is 0 Å². The summed E-state index contributed by atoms with van der Waals surface area (Å²) < 4.78 is 0. The van der Waals surface area contributed by atoms with Crippen molar-refractivity contribution in [3.05, 3.63) is 0 Å². The van der Waals surface area contributed by atoms with Crippen molar-refractivity contribution in [2.24, 2.45) is 0 Å². The Morgan fingerprint density at radius 2 is 1.00 bits per heavy atom. The molecule has 0 aliphatic carbocycles. The second kappa shape index (κ2) is 12.8. The second-order valence-corrected chi connectivity index (χ2v) is 2.68. The summed E-state index contributed by atoms with van der Waals surface area (Å²) in [6, 6.07) is 0. The molecule has 0 rings (SSSR count). The fraction of sp³-hybridized carbons (Fsp3) is 0.375. The second-order valence-electron chi connectivity index (χ2n) is 2.68. The van der Waals surface area contributed by atoms with E-state index in [2.05, 4.69) is 53.3 Å². The average molecular weight is 206 g/mol. The number of hydrogen-bond donors (Lipinski definition) is 0. The first-order valence-electron chi connectivity index (χ1n) is 5.18. The molecule has 0 aliphatic rings. The van der Waals surface area contributed by atoms with Crippen LogP contribution in [0.1, 0.15) is 39.0 Å². The van der Waals surface area contributed by atoms with Gasteiger partial charge in [0.1, 0.15) is 0 Å². The monoisotopic (exact) mass is 206 g/mol. The summed E-state index contributed by atoms with van der Waals surface area (Å²) in [5, 5.41) is 0. The van der Waals surface area contributed by atoms with Crippen LogP contribution >= 0.6 is 0 Å². The zero-order valence-electron chi connectivity index (χ0n) is 9.61. The number of terminal acetylenes is 1. The van der Waals surface area contributed by atoms with Gasteiger partial charge in [0, 0.05) is 6.42 Å². The van der Waals surface area contributed by atoms with Crippen molar-refractivity contribution in [2.75, 3.05) is 0 Å². The summed E-state index contributed by atoms with van der Waals surface area (Å²) >= 11 is 0. The first-order valence-corrected chi connectivity index (χ1v) is 5.18. The molecule has 0 aromatic carbocycles. The quantitative estimate of drug-likeness (QED) is 0.534. The molecule has 0 unspecified atom stereocenters. The van der Waals surface area contributed by atoms with Crippen molar-refractivity contribution in [3.8, 4) is 59.7 Å². The van der Waals surface area contributed by atoms with Gasteiger partial charge in [0.15, 0.2) is 0 Å². The topological polar surface area (TPSA) is 0 Å². The highest BCUT2D eigenvalue weighted by atomic mass is 13.7. The predicted octanol–water partition coefficient (Wildman–Crippen LogP) is 2.60. The van der Waals surface area contributed by atoms with Crippen LogP contribution in [0.4, 0.5) is 0 Å². The highest BCUT2D eigenvalue weighted by Gasteiger charge is 1.69. The molecule has 0 atom stereocenters. The summed E-state index contributed by atoms with van der Waals surface area (Å²) in [5.41, 5.74) is 0. The standard InChI is InChI=1S/C16H14/c1-3-5-7-9-11-13-15-16-14-12-10-8-6-4-2/h1H,4-5,10-11,16H2,2H3. The number of rotatable bonds is 0. The van der Waals surface area contributed by atoms with E-state index in [0.29, 0.717) is 25.7 Å². The Hall–Kier alpha value is -2.20. The minimum Gasteiger partial charge on any atom is -0.119 e. The zero-order valence-corrected chi connectivity index (χ0v) is 9.61. The maximum Gasteiger partial charge on any atom is 0.0703 e. The maximum absolute atomic E-state index is 5.04. The van der Waals surface area contributed by atoms with Gasteiger partial charge in [-0.1, -0.05) is 54.3 Å². The summed E-state index contributed by atoms with van der Waals surface area (Å²) in [6.45, 7) is 2.02. The molecule has 0 spiro atoms. The van der Waals surface area contributed by atoms with Crippen LogP contribution in [0, 0.1) is 59.7 Å². The van der Waals surface area contributed by atoms with Crippen LogP contribution < -0.4 is 0 Å². The molecule has 0 radical (unpaired) electrons. The molecule has 0 nitrogen and oxygen atoms in total. The van der Waals surface area contributed by atoms with Crippen LogP contribution in [0.5, 0.6) is 0 Å². The summed E-state index contributed by atoms with van der Waals surface area (Å²) in [6.07, 6.45) is 8.22. The minimum atomic E-state index is 0.498. The third-order valence-electron chi connectivity index (χ3n) is 1.40. The predicted molar refractivity (Wildman–Crippen MR) is 68.7 cm³/mol. The molecule has 0 saturated heterocycles. The molecule has 0 aromatic heterocycles. The molecule has 0 amide bonds. The van der Waals surface area contributed by atoms with Crippen molar-refractivity contribution >= 4 is 0 Å². The van der Waals surface area contributed by atoms with Crippen molar-refractivity contribution in [1.29, 1.82) is 0 Å². The zero-order chi connectivity index (χ0) is 11.9. The Morgan fingerprint density at radius 1 is 0.625 bits per heavy atom. The molecule has 0 heteroatoms. The maximum atomic E-state index is 5.04. The van der Waals surface area contributed by atoms with Crippen LogP contribution in [0.15, 0.2) is 0 Å². The van der Waals surface area contributed by atoms with E-state index in [1.54, 1.807) is 0 Å². The van der Waals surface area contributed by atoms with Crippen LogP contribution in [0.25, 0.3) is 0 Å². The van der Waals surface area contributed by atoms with Crippen molar-refractivity contribution in [1.82, 2.24) is 0 Å². The first-order chi connectivity index (χ1) is 7.91. The SMILES string of the molecule is C#CCC#CCC#CCC#CCC#CCC. The summed E-state index contributed by atoms with van der Waals surface area (Å²) in [7, 11) is 0. The van der Waals surface area contributed by atoms with Crippen LogP contribution in [-0.4, -0.2) is 0 Å². The van der Waals surface area contributed by atoms with Crippen molar-refractivity contribution < 1.29 is 0 Å². The lowest BCUT2D eigenvalue weighted by molar-refractivity contribution is 1.27. The average Bonchev–Trinajstić information content (AvgIpc) is 2.31. The Kier molecular flexibility index (Phi) is 11.0. The van der Waals surface area contributed by atoms with Crippen molar-refractivity contribution in [2.45, 2.75) is 39.0 Å². The van der Waals surface area contributed by atoms with E-state index in [-0.39, 0.29) is 0 Å². The lowest BCUT2D eigenvalue weighted by Gasteiger charge is -1.73. The Balaban J connectivity index is 3.63. The lowest BCUT2D eigenvalue weighted by atomic mass is 10.3. The fourth-order valence-electron chi connectivity index (χ4n) is 0.746. The van der Waals surface area contributed by atoms with Crippen LogP contribution in [0.3, 0.4) is 0 Å². The molecular formula is C16H14. The highest BCUT2D eigenvalue weighted by Crippen LogP contribution is 1.78. The lowest BCUT2D eigenvalue weighted by Crippen LogP contribution is -1.65. The molecule has 0 N–H and O–H groups in total. The Labute approximate surface area is 99.2 Å². The van der Waals surface area contributed by atoms with Crippen LogP contribution in [0.2, 0.25) is 0 Å². The Morgan fingerprint density at radius 3 is 1.38 bits per heavy atom. The minimum absolute atomic E-state index is 0.498.